The summed E-state index contributed by atoms with van der Waals surface area (Å²) in [5.74, 6) is 0.858. The van der Waals surface area contributed by atoms with Gasteiger partial charge >= 0.3 is 0 Å². The van der Waals surface area contributed by atoms with Crippen LogP contribution in [0.1, 0.15) is 31.2 Å². The van der Waals surface area contributed by atoms with Crippen molar-refractivity contribution in [2.75, 3.05) is 20.6 Å². The number of hydrogen-bond donors (Lipinski definition) is 1. The number of nitrogens with one attached hydrogen (secondary N) is 1. The molecule has 0 aliphatic heterocycles. The van der Waals surface area contributed by atoms with Gasteiger partial charge in [0.2, 0.25) is 0 Å². The van der Waals surface area contributed by atoms with Gasteiger partial charge in [-0.15, -0.1) is 0 Å². The van der Waals surface area contributed by atoms with E-state index < -0.39 is 0 Å². The Balaban J connectivity index is 0.000000377. The number of aromatic nitrogens is 2. The highest BCUT2D eigenvalue weighted by atomic mass is 15.1. The normalized spacial score (nSPS) is 10.9. The van der Waals surface area contributed by atoms with E-state index >= 15 is 0 Å². The van der Waals surface area contributed by atoms with Gasteiger partial charge in [-0.05, 0) is 55.5 Å². The van der Waals surface area contributed by atoms with Crippen LogP contribution in [0.25, 0.3) is 21.7 Å². The van der Waals surface area contributed by atoms with Gasteiger partial charge in [0.05, 0.1) is 12.1 Å². The largest absolute Gasteiger partial charge is 0.320 e. The maximum atomic E-state index is 4.65. The molecule has 1 aromatic heterocycles. The molecule has 0 radical (unpaired) electrons. The molecule has 0 aliphatic carbocycles. The van der Waals surface area contributed by atoms with E-state index in [9.17, 15) is 0 Å². The molecule has 30 heavy (non-hydrogen) atoms. The first-order valence-corrected chi connectivity index (χ1v) is 10.7. The molecule has 4 aromatic rings. The molecule has 0 bridgehead atoms. The summed E-state index contributed by atoms with van der Waals surface area (Å²) in [6, 6.07) is 23.2. The number of para-hydroxylation sites is 1. The molecular formula is C26H32N4. The minimum atomic E-state index is 0.734. The summed E-state index contributed by atoms with van der Waals surface area (Å²) in [5.41, 5.74) is 2.30. The lowest BCUT2D eigenvalue weighted by atomic mass is 10.1. The summed E-state index contributed by atoms with van der Waals surface area (Å²) in [6.45, 7) is 4.96. The highest BCUT2D eigenvalue weighted by molar-refractivity contribution is 5.83. The molecule has 156 valence electrons. The third kappa shape index (κ3) is 6.34. The van der Waals surface area contributed by atoms with Gasteiger partial charge in [0.15, 0.2) is 0 Å². The molecule has 0 saturated carbocycles. The van der Waals surface area contributed by atoms with Crippen molar-refractivity contribution in [3.63, 3.8) is 0 Å². The van der Waals surface area contributed by atoms with Crippen molar-refractivity contribution < 1.29 is 0 Å². The molecule has 4 nitrogen and oxygen atoms in total. The van der Waals surface area contributed by atoms with Gasteiger partial charge in [-0.2, -0.15) is 0 Å². The van der Waals surface area contributed by atoms with Gasteiger partial charge in [-0.1, -0.05) is 67.9 Å². The molecule has 0 atom stereocenters. The Kier molecular flexibility index (Phi) is 8.30. The fraction of sp³-hybridized carbons (Fsp3) is 0.308. The van der Waals surface area contributed by atoms with E-state index in [1.807, 2.05) is 37.5 Å². The topological polar surface area (TPSA) is 41.0 Å². The van der Waals surface area contributed by atoms with Crippen LogP contribution in [0.5, 0.6) is 0 Å². The summed E-state index contributed by atoms with van der Waals surface area (Å²) in [7, 11) is 4.09. The van der Waals surface area contributed by atoms with Crippen LogP contribution >= 0.6 is 0 Å². The fourth-order valence-corrected chi connectivity index (χ4v) is 3.39. The maximum Gasteiger partial charge on any atom is 0.142 e. The summed E-state index contributed by atoms with van der Waals surface area (Å²) < 4.78 is 0. The van der Waals surface area contributed by atoms with Crippen LogP contribution in [0, 0.1) is 0 Å². The lowest BCUT2D eigenvalue weighted by molar-refractivity contribution is 0.311. The van der Waals surface area contributed by atoms with Crippen LogP contribution in [0.2, 0.25) is 0 Å². The van der Waals surface area contributed by atoms with Crippen molar-refractivity contribution in [1.29, 1.82) is 0 Å². The zero-order valence-electron chi connectivity index (χ0n) is 18.3. The minimum absolute atomic E-state index is 0.734. The minimum Gasteiger partial charge on any atom is -0.320 e. The lowest BCUT2D eigenvalue weighted by Crippen LogP contribution is -2.18. The van der Waals surface area contributed by atoms with Crippen LogP contribution in [-0.4, -0.2) is 35.5 Å². The quantitative estimate of drug-likeness (QED) is 0.421. The van der Waals surface area contributed by atoms with Crippen molar-refractivity contribution in [3.8, 4) is 0 Å². The van der Waals surface area contributed by atoms with Crippen LogP contribution in [-0.2, 0) is 13.1 Å². The van der Waals surface area contributed by atoms with Gasteiger partial charge in [-0.3, -0.25) is 4.90 Å². The van der Waals surface area contributed by atoms with Gasteiger partial charge in [0, 0.05) is 18.1 Å². The van der Waals surface area contributed by atoms with Gasteiger partial charge < -0.3 is 5.32 Å². The third-order valence-electron chi connectivity index (χ3n) is 5.00. The van der Waals surface area contributed by atoms with E-state index in [2.05, 4.69) is 76.6 Å². The maximum absolute atomic E-state index is 4.65. The molecule has 1 N–H and O–H groups in total. The van der Waals surface area contributed by atoms with Crippen LogP contribution in [0.4, 0.5) is 0 Å². The van der Waals surface area contributed by atoms with E-state index in [1.165, 1.54) is 29.2 Å². The monoisotopic (exact) mass is 400 g/mol. The number of nitrogens with zero attached hydrogens (tertiary/aromatic N) is 3. The Labute approximate surface area is 180 Å². The zero-order chi connectivity index (χ0) is 21.2. The lowest BCUT2D eigenvalue weighted by Gasteiger charge is -2.16. The second-order valence-electron chi connectivity index (χ2n) is 7.66. The molecule has 0 amide bonds. The Bertz CT molecular complexity index is 975. The van der Waals surface area contributed by atoms with Crippen molar-refractivity contribution >= 4 is 21.7 Å². The van der Waals surface area contributed by atoms with E-state index in [0.29, 0.717) is 0 Å². The van der Waals surface area contributed by atoms with Crippen LogP contribution in [0.3, 0.4) is 0 Å². The SMILES string of the molecule is CCCCNC.CN(Cc1ccc2ccccc2c1)Cc1ncc2ccccc2n1. The average molecular weight is 401 g/mol. The fourth-order valence-electron chi connectivity index (χ4n) is 3.39. The predicted molar refractivity (Wildman–Crippen MR) is 127 cm³/mol. The van der Waals surface area contributed by atoms with Crippen molar-refractivity contribution in [3.05, 3.63) is 84.3 Å². The van der Waals surface area contributed by atoms with E-state index in [-0.39, 0.29) is 0 Å². The smallest absolute Gasteiger partial charge is 0.142 e. The standard InChI is InChI=1S/C21H19N3.C5H13N/c1-24(14-16-10-11-17-6-2-3-7-18(17)12-16)15-21-22-13-19-8-4-5-9-20(19)23-21;1-3-4-5-6-2/h2-13H,14-15H2,1H3;6H,3-5H2,1-2H3. The van der Waals surface area contributed by atoms with Crippen LogP contribution < -0.4 is 5.32 Å². The predicted octanol–water partition coefficient (Wildman–Crippen LogP) is 5.42. The number of benzene rings is 3. The second kappa shape index (κ2) is 11.4. The Morgan fingerprint density at radius 3 is 2.33 bits per heavy atom. The molecular weight excluding hydrogens is 368 g/mol. The van der Waals surface area contributed by atoms with Gasteiger partial charge in [0.1, 0.15) is 5.82 Å². The molecule has 0 unspecified atom stereocenters. The number of fused-ring (bicyclic) bond motifs is 2. The average Bonchev–Trinajstić information content (AvgIpc) is 2.78. The van der Waals surface area contributed by atoms with E-state index in [0.717, 1.165) is 36.4 Å². The molecule has 0 fully saturated rings. The molecule has 0 saturated heterocycles. The second-order valence-corrected chi connectivity index (χ2v) is 7.66. The van der Waals surface area contributed by atoms with Crippen molar-refractivity contribution in [2.45, 2.75) is 32.9 Å². The molecule has 3 aromatic carbocycles. The summed E-state index contributed by atoms with van der Waals surface area (Å²) in [6.07, 6.45) is 4.50. The Morgan fingerprint density at radius 1 is 0.867 bits per heavy atom. The van der Waals surface area contributed by atoms with Crippen LogP contribution in [0.15, 0.2) is 72.9 Å². The first-order chi connectivity index (χ1) is 14.7. The molecule has 0 spiro atoms. The zero-order valence-corrected chi connectivity index (χ0v) is 18.3. The summed E-state index contributed by atoms with van der Waals surface area (Å²) in [4.78, 5) is 11.4. The first-order valence-electron chi connectivity index (χ1n) is 10.7. The molecule has 1 heterocycles. The van der Waals surface area contributed by atoms with Crippen molar-refractivity contribution in [2.24, 2.45) is 0 Å². The Hall–Kier alpha value is -2.82. The van der Waals surface area contributed by atoms with Gasteiger partial charge in [-0.25, -0.2) is 9.97 Å². The number of rotatable bonds is 7. The molecule has 4 heteroatoms. The summed E-state index contributed by atoms with van der Waals surface area (Å²) >= 11 is 0. The number of unbranched alkanes of at least 4 members (excludes halogenated alkanes) is 1. The highest BCUT2D eigenvalue weighted by Gasteiger charge is 2.06. The van der Waals surface area contributed by atoms with E-state index in [1.54, 1.807) is 0 Å². The third-order valence-corrected chi connectivity index (χ3v) is 5.00. The molecule has 4 rings (SSSR count). The summed E-state index contributed by atoms with van der Waals surface area (Å²) in [5, 5.41) is 6.71. The first kappa shape index (κ1) is 21.9. The van der Waals surface area contributed by atoms with E-state index in [4.69, 9.17) is 0 Å². The highest BCUT2D eigenvalue weighted by Crippen LogP contribution is 2.17. The van der Waals surface area contributed by atoms with Gasteiger partial charge in [0.25, 0.3) is 0 Å². The van der Waals surface area contributed by atoms with Crippen molar-refractivity contribution in [1.82, 2.24) is 20.2 Å². The Morgan fingerprint density at radius 2 is 1.60 bits per heavy atom. The molecule has 0 aliphatic rings. The number of hydrogen-bond acceptors (Lipinski definition) is 4.